The molecule has 0 saturated carbocycles. The molecule has 4 nitrogen and oxygen atoms in total. The van der Waals surface area contributed by atoms with Gasteiger partial charge < -0.3 is 9.67 Å². The second-order valence-corrected chi connectivity index (χ2v) is 3.46. The van der Waals surface area contributed by atoms with Gasteiger partial charge in [-0.3, -0.25) is 4.98 Å². The van der Waals surface area contributed by atoms with E-state index in [1.807, 2.05) is 29.8 Å². The lowest BCUT2D eigenvalue weighted by Gasteiger charge is -2.07. The number of pyridine rings is 1. The molecule has 78 valence electrons. The van der Waals surface area contributed by atoms with Gasteiger partial charge in [-0.1, -0.05) is 0 Å². The lowest BCUT2D eigenvalue weighted by Crippen LogP contribution is -1.99. The molecule has 0 radical (unpaired) electrons. The fourth-order valence-electron chi connectivity index (χ4n) is 1.44. The van der Waals surface area contributed by atoms with Gasteiger partial charge in [-0.25, -0.2) is 4.98 Å². The Kier molecular flexibility index (Phi) is 2.51. The van der Waals surface area contributed by atoms with Crippen molar-refractivity contribution in [1.82, 2.24) is 14.5 Å². The van der Waals surface area contributed by atoms with E-state index in [1.54, 1.807) is 19.3 Å². The number of imidazole rings is 1. The van der Waals surface area contributed by atoms with Gasteiger partial charge in [0.1, 0.15) is 5.82 Å². The van der Waals surface area contributed by atoms with Gasteiger partial charge in [0.05, 0.1) is 23.7 Å². The second-order valence-electron chi connectivity index (χ2n) is 3.46. The molecular weight excluding hydrogens is 190 g/mol. The Hall–Kier alpha value is -1.68. The van der Waals surface area contributed by atoms with Crippen LogP contribution in [0.4, 0.5) is 0 Å². The molecule has 0 aliphatic rings. The molecule has 4 heteroatoms. The summed E-state index contributed by atoms with van der Waals surface area (Å²) in [6, 6.07) is 3.74. The van der Waals surface area contributed by atoms with Crippen LogP contribution >= 0.6 is 0 Å². The molecule has 2 aromatic heterocycles. The van der Waals surface area contributed by atoms with Crippen molar-refractivity contribution in [3.8, 4) is 5.69 Å². The monoisotopic (exact) mass is 203 g/mol. The molecule has 0 amide bonds. The summed E-state index contributed by atoms with van der Waals surface area (Å²) in [5.41, 5.74) is 1.63. The van der Waals surface area contributed by atoms with E-state index in [4.69, 9.17) is 0 Å². The number of rotatable bonds is 2. The van der Waals surface area contributed by atoms with Crippen molar-refractivity contribution >= 4 is 0 Å². The number of hydrogen-bond donors (Lipinski definition) is 1. The first kappa shape index (κ1) is 9.86. The summed E-state index contributed by atoms with van der Waals surface area (Å²) in [6.45, 7) is 3.63. The van der Waals surface area contributed by atoms with Crippen molar-refractivity contribution < 1.29 is 5.11 Å². The van der Waals surface area contributed by atoms with E-state index >= 15 is 0 Å². The molecule has 2 heterocycles. The van der Waals surface area contributed by atoms with Gasteiger partial charge in [0, 0.05) is 12.4 Å². The predicted molar refractivity (Wildman–Crippen MR) is 56.7 cm³/mol. The van der Waals surface area contributed by atoms with Crippen molar-refractivity contribution in [1.29, 1.82) is 0 Å². The minimum Gasteiger partial charge on any atom is -0.387 e. The summed E-state index contributed by atoms with van der Waals surface area (Å²) in [5, 5.41) is 9.32. The maximum atomic E-state index is 9.32. The van der Waals surface area contributed by atoms with Crippen LogP contribution in [0.15, 0.2) is 30.7 Å². The Balaban J connectivity index is 2.36. The van der Waals surface area contributed by atoms with Gasteiger partial charge in [-0.2, -0.15) is 0 Å². The molecule has 2 rings (SSSR count). The smallest absolute Gasteiger partial charge is 0.110 e. The van der Waals surface area contributed by atoms with E-state index in [0.29, 0.717) is 5.69 Å². The van der Waals surface area contributed by atoms with Crippen molar-refractivity contribution in [2.45, 2.75) is 20.0 Å². The van der Waals surface area contributed by atoms with E-state index in [0.717, 1.165) is 11.5 Å². The van der Waals surface area contributed by atoms with Crippen LogP contribution < -0.4 is 0 Å². The summed E-state index contributed by atoms with van der Waals surface area (Å²) in [4.78, 5) is 8.31. The fraction of sp³-hybridized carbons (Fsp3) is 0.273. The first-order valence-corrected chi connectivity index (χ1v) is 4.83. The van der Waals surface area contributed by atoms with E-state index in [1.165, 1.54) is 0 Å². The highest BCUT2D eigenvalue weighted by molar-refractivity contribution is 5.31. The molecule has 0 aliphatic carbocycles. The first-order valence-electron chi connectivity index (χ1n) is 4.83. The Bertz CT molecular complexity index is 445. The summed E-state index contributed by atoms with van der Waals surface area (Å²) >= 11 is 0. The van der Waals surface area contributed by atoms with Gasteiger partial charge in [-0.05, 0) is 26.0 Å². The number of aromatic nitrogens is 3. The van der Waals surface area contributed by atoms with Crippen molar-refractivity contribution in [3.63, 3.8) is 0 Å². The standard InChI is InChI=1S/C11H13N3O/c1-8(15)11-4-3-10(7-13-11)14-6-5-12-9(14)2/h3-8,15H,1-2H3/t8-/m1/s1. The molecule has 0 bridgehead atoms. The zero-order valence-electron chi connectivity index (χ0n) is 8.75. The highest BCUT2D eigenvalue weighted by Gasteiger charge is 2.04. The van der Waals surface area contributed by atoms with Crippen molar-refractivity contribution in [2.75, 3.05) is 0 Å². The predicted octanol–water partition coefficient (Wildman–Crippen LogP) is 1.63. The lowest BCUT2D eigenvalue weighted by molar-refractivity contribution is 0.194. The minimum atomic E-state index is -0.525. The number of nitrogens with zero attached hydrogens (tertiary/aromatic N) is 3. The first-order chi connectivity index (χ1) is 7.18. The molecule has 0 aliphatic heterocycles. The zero-order valence-corrected chi connectivity index (χ0v) is 8.75. The summed E-state index contributed by atoms with van der Waals surface area (Å²) in [6.07, 6.45) is 4.84. The summed E-state index contributed by atoms with van der Waals surface area (Å²) in [7, 11) is 0. The van der Waals surface area contributed by atoms with Gasteiger partial charge in [0.25, 0.3) is 0 Å². The Morgan fingerprint density at radius 1 is 1.33 bits per heavy atom. The lowest BCUT2D eigenvalue weighted by atomic mass is 10.2. The third kappa shape index (κ3) is 1.89. The van der Waals surface area contributed by atoms with Crippen LogP contribution in [0, 0.1) is 6.92 Å². The number of aliphatic hydroxyl groups excluding tert-OH is 1. The van der Waals surface area contributed by atoms with Crippen LogP contribution in [0.1, 0.15) is 24.5 Å². The van der Waals surface area contributed by atoms with Crippen LogP contribution in [0.25, 0.3) is 5.69 Å². The van der Waals surface area contributed by atoms with E-state index in [-0.39, 0.29) is 0 Å². The summed E-state index contributed by atoms with van der Waals surface area (Å²) < 4.78 is 1.94. The van der Waals surface area contributed by atoms with E-state index in [9.17, 15) is 5.11 Å². The fourth-order valence-corrected chi connectivity index (χ4v) is 1.44. The molecular formula is C11H13N3O. The molecule has 1 atom stereocenters. The highest BCUT2D eigenvalue weighted by atomic mass is 16.3. The topological polar surface area (TPSA) is 50.9 Å². The van der Waals surface area contributed by atoms with Gasteiger partial charge in [0.2, 0.25) is 0 Å². The maximum absolute atomic E-state index is 9.32. The SMILES string of the molecule is Cc1nccn1-c1ccc([C@@H](C)O)nc1. The molecule has 0 spiro atoms. The van der Waals surface area contributed by atoms with Gasteiger partial charge in [-0.15, -0.1) is 0 Å². The zero-order chi connectivity index (χ0) is 10.8. The van der Waals surface area contributed by atoms with Crippen LogP contribution in [0.2, 0.25) is 0 Å². The maximum Gasteiger partial charge on any atom is 0.110 e. The average Bonchev–Trinajstić information content (AvgIpc) is 2.65. The van der Waals surface area contributed by atoms with Crippen LogP contribution in [-0.4, -0.2) is 19.6 Å². The summed E-state index contributed by atoms with van der Waals surface area (Å²) in [5.74, 6) is 0.918. The largest absolute Gasteiger partial charge is 0.387 e. The molecule has 2 aromatic rings. The molecule has 0 aromatic carbocycles. The second kappa shape index (κ2) is 3.82. The minimum absolute atomic E-state index is 0.525. The van der Waals surface area contributed by atoms with Crippen LogP contribution in [0.3, 0.4) is 0 Å². The number of aryl methyl sites for hydroxylation is 1. The number of hydrogen-bond acceptors (Lipinski definition) is 3. The molecule has 1 N–H and O–H groups in total. The normalized spacial score (nSPS) is 12.7. The molecule has 15 heavy (non-hydrogen) atoms. The average molecular weight is 203 g/mol. The molecule has 0 fully saturated rings. The van der Waals surface area contributed by atoms with Crippen LogP contribution in [-0.2, 0) is 0 Å². The highest BCUT2D eigenvalue weighted by Crippen LogP contribution is 2.13. The molecule has 0 saturated heterocycles. The van der Waals surface area contributed by atoms with Gasteiger partial charge >= 0.3 is 0 Å². The Morgan fingerprint density at radius 3 is 2.60 bits per heavy atom. The number of aliphatic hydroxyl groups is 1. The van der Waals surface area contributed by atoms with Crippen molar-refractivity contribution in [2.24, 2.45) is 0 Å². The van der Waals surface area contributed by atoms with Crippen LogP contribution in [0.5, 0.6) is 0 Å². The van der Waals surface area contributed by atoms with E-state index in [2.05, 4.69) is 9.97 Å². The third-order valence-electron chi connectivity index (χ3n) is 2.30. The quantitative estimate of drug-likeness (QED) is 0.807. The van der Waals surface area contributed by atoms with E-state index < -0.39 is 6.10 Å². The molecule has 0 unspecified atom stereocenters. The van der Waals surface area contributed by atoms with Crippen molar-refractivity contribution in [3.05, 3.63) is 42.2 Å². The Labute approximate surface area is 88.2 Å². The Morgan fingerprint density at radius 2 is 2.13 bits per heavy atom. The van der Waals surface area contributed by atoms with Gasteiger partial charge in [0.15, 0.2) is 0 Å². The third-order valence-corrected chi connectivity index (χ3v) is 2.30.